The maximum Gasteiger partial charge on any atom is 0.414 e. The predicted molar refractivity (Wildman–Crippen MR) is 121 cm³/mol. The van der Waals surface area contributed by atoms with Crippen LogP contribution >= 0.6 is 0 Å². The number of piperidine rings is 1. The van der Waals surface area contributed by atoms with Gasteiger partial charge in [-0.15, -0.1) is 0 Å². The summed E-state index contributed by atoms with van der Waals surface area (Å²) in [6, 6.07) is 9.90. The van der Waals surface area contributed by atoms with Crippen molar-refractivity contribution in [3.05, 3.63) is 70.2 Å². The second-order valence-electron chi connectivity index (χ2n) is 8.78. The predicted octanol–water partition coefficient (Wildman–Crippen LogP) is 5.17. The van der Waals surface area contributed by atoms with Gasteiger partial charge in [-0.05, 0) is 68.9 Å². The molecule has 162 valence electrons. The first-order chi connectivity index (χ1) is 14.9. The minimum absolute atomic E-state index is 0.0437. The molecule has 1 aromatic carbocycles. The zero-order valence-electron chi connectivity index (χ0n) is 18.6. The number of carbonyl (C=O) groups is 2. The van der Waals surface area contributed by atoms with E-state index >= 15 is 0 Å². The first-order valence-electron chi connectivity index (χ1n) is 11.2. The van der Waals surface area contributed by atoms with Gasteiger partial charge in [0.15, 0.2) is 5.78 Å². The van der Waals surface area contributed by atoms with Crippen molar-refractivity contribution >= 4 is 17.4 Å². The monoisotopic (exact) mass is 418 g/mol. The van der Waals surface area contributed by atoms with Crippen LogP contribution in [-0.2, 0) is 16.0 Å². The summed E-state index contributed by atoms with van der Waals surface area (Å²) in [5, 5.41) is 0. The number of likely N-dealkylation sites (tertiary alicyclic amines) is 1. The average molecular weight is 419 g/mol. The number of hydrogen-bond acceptors (Lipinski definition) is 4. The van der Waals surface area contributed by atoms with Crippen molar-refractivity contribution in [2.45, 2.75) is 52.9 Å². The minimum atomic E-state index is -0.332. The van der Waals surface area contributed by atoms with Gasteiger partial charge in [-0.25, -0.2) is 4.79 Å². The molecule has 4 rings (SSSR count). The smallest absolute Gasteiger partial charge is 0.414 e. The molecule has 0 saturated carbocycles. The van der Waals surface area contributed by atoms with Gasteiger partial charge in [0.1, 0.15) is 5.76 Å². The number of nitrogens with zero attached hydrogens (tertiary/aromatic N) is 2. The van der Waals surface area contributed by atoms with E-state index in [1.165, 1.54) is 0 Å². The topological polar surface area (TPSA) is 59.5 Å². The van der Waals surface area contributed by atoms with E-state index in [1.54, 1.807) is 11.1 Å². The number of hydrogen-bond donors (Lipinski definition) is 0. The molecule has 1 aliphatic carbocycles. The van der Waals surface area contributed by atoms with E-state index in [4.69, 9.17) is 4.74 Å². The third-order valence-electron chi connectivity index (χ3n) is 6.26. The van der Waals surface area contributed by atoms with Gasteiger partial charge in [-0.2, -0.15) is 0 Å². The Bertz CT molecular complexity index is 997. The number of carbonyl (C=O) groups excluding carboxylic acids is 2. The number of allylic oxidation sites excluding steroid dienone is 2. The molecule has 1 atom stereocenters. The highest BCUT2D eigenvalue weighted by atomic mass is 16.6. The number of ketones is 1. The molecule has 2 aromatic rings. The summed E-state index contributed by atoms with van der Waals surface area (Å²) in [4.78, 5) is 32.6. The van der Waals surface area contributed by atoms with Gasteiger partial charge in [0.25, 0.3) is 0 Å². The molecular weight excluding hydrogens is 388 g/mol. The van der Waals surface area contributed by atoms with Gasteiger partial charge in [-0.3, -0.25) is 9.78 Å². The number of aryl methyl sites for hydroxylation is 3. The van der Waals surface area contributed by atoms with Crippen LogP contribution in [0.5, 0.6) is 0 Å². The fourth-order valence-electron chi connectivity index (χ4n) is 4.87. The zero-order chi connectivity index (χ0) is 22.0. The van der Waals surface area contributed by atoms with Crippen molar-refractivity contribution in [3.8, 4) is 0 Å². The SMILES string of the molecule is Cc1cc(C)c(C2=C(OC(=O)N3CCCCC3)CC(Cc3ccccn3)C2=O)c(C)c1. The summed E-state index contributed by atoms with van der Waals surface area (Å²) in [6.07, 6.45) is 5.52. The Balaban J connectivity index is 1.68. The first-order valence-corrected chi connectivity index (χ1v) is 11.2. The molecule has 0 spiro atoms. The van der Waals surface area contributed by atoms with Crippen LogP contribution in [-0.4, -0.2) is 34.8 Å². The summed E-state index contributed by atoms with van der Waals surface area (Å²) < 4.78 is 5.92. The second kappa shape index (κ2) is 9.04. The maximum absolute atomic E-state index is 13.6. The number of amides is 1. The highest BCUT2D eigenvalue weighted by molar-refractivity contribution is 6.25. The molecule has 1 unspecified atom stereocenters. The molecule has 1 saturated heterocycles. The average Bonchev–Trinajstić information content (AvgIpc) is 3.04. The summed E-state index contributed by atoms with van der Waals surface area (Å²) in [6.45, 7) is 7.53. The Morgan fingerprint density at radius 3 is 2.45 bits per heavy atom. The molecule has 5 heteroatoms. The van der Waals surface area contributed by atoms with Gasteiger partial charge < -0.3 is 9.64 Å². The molecule has 1 fully saturated rings. The number of ether oxygens (including phenoxy) is 1. The Hall–Kier alpha value is -2.95. The van der Waals surface area contributed by atoms with Crippen LogP contribution in [0.3, 0.4) is 0 Å². The third-order valence-corrected chi connectivity index (χ3v) is 6.26. The number of Topliss-reactive ketones (excluding diaryl/α,β-unsaturated/α-hetero) is 1. The standard InChI is InChI=1S/C26H30N2O3/c1-17-13-18(2)23(19(3)14-17)24-22(31-26(30)28-11-7-4-8-12-28)16-20(25(24)29)15-21-9-5-6-10-27-21/h5-6,9-10,13-14,20H,4,7-8,11-12,15-16H2,1-3H3. The van der Waals surface area contributed by atoms with Crippen molar-refractivity contribution < 1.29 is 14.3 Å². The van der Waals surface area contributed by atoms with Crippen LogP contribution in [0.4, 0.5) is 4.79 Å². The van der Waals surface area contributed by atoms with Crippen LogP contribution in [0.25, 0.3) is 5.57 Å². The molecule has 1 aliphatic heterocycles. The van der Waals surface area contributed by atoms with Gasteiger partial charge in [0.05, 0.1) is 5.57 Å². The van der Waals surface area contributed by atoms with E-state index in [-0.39, 0.29) is 17.8 Å². The Morgan fingerprint density at radius 1 is 1.10 bits per heavy atom. The molecule has 1 aromatic heterocycles. The van der Waals surface area contributed by atoms with E-state index in [0.29, 0.717) is 24.2 Å². The Kier molecular flexibility index (Phi) is 6.21. The van der Waals surface area contributed by atoms with E-state index in [1.807, 2.05) is 32.0 Å². The van der Waals surface area contributed by atoms with Crippen LogP contribution in [0, 0.1) is 26.7 Å². The normalized spacial score (nSPS) is 19.1. The van der Waals surface area contributed by atoms with Crippen molar-refractivity contribution in [2.75, 3.05) is 13.1 Å². The fraction of sp³-hybridized carbons (Fsp3) is 0.423. The lowest BCUT2D eigenvalue weighted by molar-refractivity contribution is -0.116. The van der Waals surface area contributed by atoms with Gasteiger partial charge >= 0.3 is 6.09 Å². The molecule has 5 nitrogen and oxygen atoms in total. The van der Waals surface area contributed by atoms with Gasteiger partial charge in [0.2, 0.25) is 0 Å². The molecule has 2 heterocycles. The molecular formula is C26H30N2O3. The molecule has 1 amide bonds. The van der Waals surface area contributed by atoms with Gasteiger partial charge in [0, 0.05) is 43.7 Å². The highest BCUT2D eigenvalue weighted by Crippen LogP contribution is 2.40. The lowest BCUT2D eigenvalue weighted by Crippen LogP contribution is -2.35. The van der Waals surface area contributed by atoms with Crippen LogP contribution in [0.1, 0.15) is 53.6 Å². The van der Waals surface area contributed by atoms with Crippen molar-refractivity contribution in [3.63, 3.8) is 0 Å². The Labute approximate surface area is 184 Å². The summed E-state index contributed by atoms with van der Waals surface area (Å²) in [7, 11) is 0. The number of rotatable bonds is 4. The highest BCUT2D eigenvalue weighted by Gasteiger charge is 2.38. The van der Waals surface area contributed by atoms with Crippen LogP contribution in [0.15, 0.2) is 42.3 Å². The fourth-order valence-corrected chi connectivity index (χ4v) is 4.87. The first kappa shape index (κ1) is 21.3. The maximum atomic E-state index is 13.6. The molecule has 2 aliphatic rings. The van der Waals surface area contributed by atoms with Crippen molar-refractivity contribution in [1.82, 2.24) is 9.88 Å². The molecule has 0 radical (unpaired) electrons. The minimum Gasteiger partial charge on any atom is -0.414 e. The lowest BCUT2D eigenvalue weighted by atomic mass is 9.90. The largest absolute Gasteiger partial charge is 0.414 e. The van der Waals surface area contributed by atoms with Crippen molar-refractivity contribution in [2.24, 2.45) is 5.92 Å². The second-order valence-corrected chi connectivity index (χ2v) is 8.78. The molecule has 0 bridgehead atoms. The van der Waals surface area contributed by atoms with E-state index in [2.05, 4.69) is 24.0 Å². The van der Waals surface area contributed by atoms with Crippen LogP contribution < -0.4 is 0 Å². The Morgan fingerprint density at radius 2 is 1.81 bits per heavy atom. The van der Waals surface area contributed by atoms with Crippen molar-refractivity contribution in [1.29, 1.82) is 0 Å². The number of benzene rings is 1. The number of aromatic nitrogens is 1. The summed E-state index contributed by atoms with van der Waals surface area (Å²) in [5.74, 6) is 0.285. The summed E-state index contributed by atoms with van der Waals surface area (Å²) in [5.41, 5.74) is 5.57. The quantitative estimate of drug-likeness (QED) is 0.687. The van der Waals surface area contributed by atoms with Gasteiger partial charge in [-0.1, -0.05) is 23.8 Å². The third kappa shape index (κ3) is 4.55. The van der Waals surface area contributed by atoms with E-state index in [0.717, 1.165) is 60.3 Å². The zero-order valence-corrected chi connectivity index (χ0v) is 18.6. The molecule has 0 N–H and O–H groups in total. The lowest BCUT2D eigenvalue weighted by Gasteiger charge is -2.26. The summed E-state index contributed by atoms with van der Waals surface area (Å²) >= 11 is 0. The van der Waals surface area contributed by atoms with E-state index < -0.39 is 0 Å². The molecule has 31 heavy (non-hydrogen) atoms. The number of pyridine rings is 1. The van der Waals surface area contributed by atoms with E-state index in [9.17, 15) is 9.59 Å². The van der Waals surface area contributed by atoms with Crippen LogP contribution in [0.2, 0.25) is 0 Å².